The van der Waals surface area contributed by atoms with Crippen molar-refractivity contribution in [2.45, 2.75) is 25.9 Å². The maximum atomic E-state index is 11.6. The number of fused-ring (bicyclic) bond motifs is 1. The minimum absolute atomic E-state index is 0.287. The van der Waals surface area contributed by atoms with E-state index >= 15 is 0 Å². The van der Waals surface area contributed by atoms with Gasteiger partial charge in [-0.15, -0.1) is 0 Å². The summed E-state index contributed by atoms with van der Waals surface area (Å²) in [5.74, 6) is -0.695. The standard InChI is InChI=1S/C13H16O3/c1-2-16-13(15)11-8-7-9-5-3-4-6-10(9)12(11)14/h3-6,11-12,14H,2,7-8H2,1H3/t11-,12-/m0/s1. The topological polar surface area (TPSA) is 46.5 Å². The van der Waals surface area contributed by atoms with Gasteiger partial charge >= 0.3 is 5.97 Å². The normalized spacial score (nSPS) is 23.6. The molecule has 16 heavy (non-hydrogen) atoms. The van der Waals surface area contributed by atoms with E-state index in [-0.39, 0.29) is 5.97 Å². The fourth-order valence-corrected chi connectivity index (χ4v) is 2.23. The van der Waals surface area contributed by atoms with Crippen molar-refractivity contribution < 1.29 is 14.6 Å². The second kappa shape index (κ2) is 4.66. The van der Waals surface area contributed by atoms with Gasteiger partial charge in [-0.2, -0.15) is 0 Å². The monoisotopic (exact) mass is 220 g/mol. The van der Waals surface area contributed by atoms with Crippen LogP contribution in [0.15, 0.2) is 24.3 Å². The van der Waals surface area contributed by atoms with Crippen LogP contribution in [-0.4, -0.2) is 17.7 Å². The van der Waals surface area contributed by atoms with E-state index in [0.29, 0.717) is 13.0 Å². The van der Waals surface area contributed by atoms with E-state index in [1.807, 2.05) is 24.3 Å². The van der Waals surface area contributed by atoms with Crippen LogP contribution in [0.2, 0.25) is 0 Å². The second-order valence-electron chi connectivity index (χ2n) is 4.04. The van der Waals surface area contributed by atoms with E-state index in [2.05, 4.69) is 0 Å². The fourth-order valence-electron chi connectivity index (χ4n) is 2.23. The first kappa shape index (κ1) is 11.1. The van der Waals surface area contributed by atoms with Gasteiger partial charge in [-0.05, 0) is 30.9 Å². The SMILES string of the molecule is CCOC(=O)[C@H]1CCc2ccccc2[C@@H]1O. The molecule has 0 spiro atoms. The summed E-state index contributed by atoms with van der Waals surface area (Å²) in [7, 11) is 0. The molecule has 0 fully saturated rings. The lowest BCUT2D eigenvalue weighted by atomic mass is 9.81. The molecule has 1 aromatic carbocycles. The van der Waals surface area contributed by atoms with Gasteiger partial charge in [0.1, 0.15) is 0 Å². The van der Waals surface area contributed by atoms with Crippen LogP contribution in [0.5, 0.6) is 0 Å². The molecule has 2 atom stereocenters. The zero-order valence-corrected chi connectivity index (χ0v) is 9.35. The fraction of sp³-hybridized carbons (Fsp3) is 0.462. The van der Waals surface area contributed by atoms with Gasteiger partial charge < -0.3 is 9.84 Å². The van der Waals surface area contributed by atoms with Gasteiger partial charge in [0.15, 0.2) is 0 Å². The van der Waals surface area contributed by atoms with Crippen molar-refractivity contribution in [3.63, 3.8) is 0 Å². The molecular weight excluding hydrogens is 204 g/mol. The summed E-state index contributed by atoms with van der Waals surface area (Å²) < 4.78 is 4.97. The Morgan fingerprint density at radius 3 is 3.00 bits per heavy atom. The average molecular weight is 220 g/mol. The van der Waals surface area contributed by atoms with Crippen LogP contribution in [0.25, 0.3) is 0 Å². The Morgan fingerprint density at radius 2 is 2.25 bits per heavy atom. The smallest absolute Gasteiger partial charge is 0.311 e. The van der Waals surface area contributed by atoms with Gasteiger partial charge in [0, 0.05) is 0 Å². The van der Waals surface area contributed by atoms with Crippen molar-refractivity contribution in [1.82, 2.24) is 0 Å². The van der Waals surface area contributed by atoms with Crippen LogP contribution in [-0.2, 0) is 16.0 Å². The lowest BCUT2D eigenvalue weighted by molar-refractivity contribution is -0.153. The van der Waals surface area contributed by atoms with Crippen LogP contribution >= 0.6 is 0 Å². The Kier molecular flexibility index (Phi) is 3.25. The molecule has 3 nitrogen and oxygen atoms in total. The Morgan fingerprint density at radius 1 is 1.50 bits per heavy atom. The average Bonchev–Trinajstić information content (AvgIpc) is 2.30. The maximum Gasteiger partial charge on any atom is 0.311 e. The molecule has 1 N–H and O–H groups in total. The summed E-state index contributed by atoms with van der Waals surface area (Å²) >= 11 is 0. The van der Waals surface area contributed by atoms with Crippen molar-refractivity contribution in [3.05, 3.63) is 35.4 Å². The summed E-state index contributed by atoms with van der Waals surface area (Å²) in [6.45, 7) is 2.14. The van der Waals surface area contributed by atoms with Gasteiger partial charge in [-0.3, -0.25) is 4.79 Å². The van der Waals surface area contributed by atoms with Crippen LogP contribution in [0.1, 0.15) is 30.6 Å². The van der Waals surface area contributed by atoms with Crippen molar-refractivity contribution in [3.8, 4) is 0 Å². The minimum Gasteiger partial charge on any atom is -0.466 e. The highest BCUT2D eigenvalue weighted by Crippen LogP contribution is 2.34. The van der Waals surface area contributed by atoms with E-state index in [9.17, 15) is 9.90 Å². The number of aliphatic hydroxyl groups excluding tert-OH is 1. The number of aliphatic hydroxyl groups is 1. The Hall–Kier alpha value is -1.35. The second-order valence-corrected chi connectivity index (χ2v) is 4.04. The molecule has 0 aromatic heterocycles. The van der Waals surface area contributed by atoms with E-state index in [1.54, 1.807) is 6.92 Å². The first-order valence-corrected chi connectivity index (χ1v) is 5.66. The number of rotatable bonds is 2. The molecule has 0 heterocycles. The highest BCUT2D eigenvalue weighted by atomic mass is 16.5. The van der Waals surface area contributed by atoms with Crippen molar-refractivity contribution in [1.29, 1.82) is 0 Å². The van der Waals surface area contributed by atoms with E-state index < -0.39 is 12.0 Å². The lowest BCUT2D eigenvalue weighted by Gasteiger charge is -2.28. The number of ether oxygens (including phenoxy) is 1. The van der Waals surface area contributed by atoms with Gasteiger partial charge in [0.2, 0.25) is 0 Å². The van der Waals surface area contributed by atoms with E-state index in [1.165, 1.54) is 0 Å². The molecule has 1 aliphatic carbocycles. The van der Waals surface area contributed by atoms with E-state index in [0.717, 1.165) is 17.5 Å². The molecular formula is C13H16O3. The molecule has 0 unspecified atom stereocenters. The largest absolute Gasteiger partial charge is 0.466 e. The number of benzene rings is 1. The molecule has 0 saturated carbocycles. The summed E-state index contributed by atoms with van der Waals surface area (Å²) in [4.78, 5) is 11.6. The number of hydrogen-bond acceptors (Lipinski definition) is 3. The first-order valence-electron chi connectivity index (χ1n) is 5.66. The van der Waals surface area contributed by atoms with Gasteiger partial charge in [-0.1, -0.05) is 24.3 Å². The highest BCUT2D eigenvalue weighted by Gasteiger charge is 2.33. The van der Waals surface area contributed by atoms with Crippen molar-refractivity contribution in [2.24, 2.45) is 5.92 Å². The molecule has 1 aromatic rings. The quantitative estimate of drug-likeness (QED) is 0.774. The minimum atomic E-state index is -0.719. The number of hydrogen-bond donors (Lipinski definition) is 1. The zero-order valence-electron chi connectivity index (χ0n) is 9.35. The number of esters is 1. The highest BCUT2D eigenvalue weighted by molar-refractivity contribution is 5.74. The maximum absolute atomic E-state index is 11.6. The third-order valence-corrected chi connectivity index (χ3v) is 3.07. The predicted octanol–water partition coefficient (Wildman–Crippen LogP) is 1.85. The Labute approximate surface area is 95.0 Å². The van der Waals surface area contributed by atoms with E-state index in [4.69, 9.17) is 4.74 Å². The van der Waals surface area contributed by atoms with Crippen LogP contribution < -0.4 is 0 Å². The van der Waals surface area contributed by atoms with Crippen molar-refractivity contribution >= 4 is 5.97 Å². The molecule has 0 radical (unpaired) electrons. The number of carbonyl (C=O) groups is 1. The third kappa shape index (κ3) is 1.95. The van der Waals surface area contributed by atoms with Crippen LogP contribution in [0.4, 0.5) is 0 Å². The third-order valence-electron chi connectivity index (χ3n) is 3.07. The molecule has 0 bridgehead atoms. The predicted molar refractivity (Wildman–Crippen MR) is 59.8 cm³/mol. The molecule has 0 aliphatic heterocycles. The summed E-state index contributed by atoms with van der Waals surface area (Å²) in [6, 6.07) is 7.72. The zero-order chi connectivity index (χ0) is 11.5. The number of carbonyl (C=O) groups excluding carboxylic acids is 1. The Balaban J connectivity index is 2.21. The molecule has 0 amide bonds. The van der Waals surface area contributed by atoms with Gasteiger partial charge in [0.25, 0.3) is 0 Å². The first-order chi connectivity index (χ1) is 7.74. The Bertz CT molecular complexity index is 387. The van der Waals surface area contributed by atoms with Crippen molar-refractivity contribution in [2.75, 3.05) is 6.61 Å². The molecule has 2 rings (SSSR count). The summed E-state index contributed by atoms with van der Waals surface area (Å²) in [5.41, 5.74) is 2.00. The number of aryl methyl sites for hydroxylation is 1. The summed E-state index contributed by atoms with van der Waals surface area (Å²) in [6.07, 6.45) is 0.775. The lowest BCUT2D eigenvalue weighted by Crippen LogP contribution is -2.29. The molecule has 1 aliphatic rings. The van der Waals surface area contributed by atoms with Gasteiger partial charge in [0.05, 0.1) is 18.6 Å². The van der Waals surface area contributed by atoms with Gasteiger partial charge in [-0.25, -0.2) is 0 Å². The summed E-state index contributed by atoms with van der Waals surface area (Å²) in [5, 5.41) is 10.1. The molecule has 86 valence electrons. The molecule has 3 heteroatoms. The van der Waals surface area contributed by atoms with Crippen LogP contribution in [0, 0.1) is 5.92 Å². The van der Waals surface area contributed by atoms with Crippen LogP contribution in [0.3, 0.4) is 0 Å². The molecule has 0 saturated heterocycles.